The van der Waals surface area contributed by atoms with Crippen molar-refractivity contribution in [2.24, 2.45) is 11.7 Å². The normalized spacial score (nSPS) is 17.6. The number of nitrogens with one attached hydrogen (secondary N) is 1. The topological polar surface area (TPSA) is 75.4 Å². The molecule has 1 aliphatic rings. The first-order valence-electron chi connectivity index (χ1n) is 7.46. The van der Waals surface area contributed by atoms with Crippen LogP contribution in [0.2, 0.25) is 0 Å². The average Bonchev–Trinajstić information content (AvgIpc) is 2.98. The van der Waals surface area contributed by atoms with Crippen molar-refractivity contribution in [2.45, 2.75) is 25.8 Å². The lowest BCUT2D eigenvalue weighted by atomic mass is 10.0. The van der Waals surface area contributed by atoms with Crippen LogP contribution in [0.1, 0.15) is 24.8 Å². The number of rotatable bonds is 7. The van der Waals surface area contributed by atoms with Crippen molar-refractivity contribution in [2.75, 3.05) is 19.6 Å². The van der Waals surface area contributed by atoms with E-state index in [1.807, 2.05) is 30.3 Å². The third-order valence-electron chi connectivity index (χ3n) is 3.84. The molecule has 5 nitrogen and oxygen atoms in total. The maximum atomic E-state index is 12.3. The molecule has 1 saturated heterocycles. The standard InChI is InChI=1S/C16H23N3O2/c17-15(20)12-19(11-14-4-2-1-3-5-14)16(21)7-6-13-8-9-18-10-13/h1-5,13,18H,6-12H2,(H2,17,20). The lowest BCUT2D eigenvalue weighted by Crippen LogP contribution is -2.38. The first kappa shape index (κ1) is 15.5. The number of carbonyl (C=O) groups excluding carboxylic acids is 2. The number of hydrogen-bond donors (Lipinski definition) is 2. The van der Waals surface area contributed by atoms with E-state index in [4.69, 9.17) is 5.73 Å². The Kier molecular flexibility index (Phi) is 5.75. The molecule has 1 aliphatic heterocycles. The Balaban J connectivity index is 1.90. The highest BCUT2D eigenvalue weighted by Gasteiger charge is 2.20. The minimum Gasteiger partial charge on any atom is -0.368 e. The van der Waals surface area contributed by atoms with Gasteiger partial charge in [0.15, 0.2) is 0 Å². The van der Waals surface area contributed by atoms with Gasteiger partial charge < -0.3 is 16.0 Å². The largest absolute Gasteiger partial charge is 0.368 e. The summed E-state index contributed by atoms with van der Waals surface area (Å²) >= 11 is 0. The number of amides is 2. The fourth-order valence-electron chi connectivity index (χ4n) is 2.67. The molecule has 0 radical (unpaired) electrons. The number of primary amides is 1. The van der Waals surface area contributed by atoms with E-state index in [0.717, 1.165) is 31.5 Å². The van der Waals surface area contributed by atoms with Gasteiger partial charge in [-0.1, -0.05) is 30.3 Å². The number of hydrogen-bond acceptors (Lipinski definition) is 3. The van der Waals surface area contributed by atoms with E-state index in [1.165, 1.54) is 0 Å². The Morgan fingerprint density at radius 1 is 1.29 bits per heavy atom. The van der Waals surface area contributed by atoms with Crippen LogP contribution in [-0.4, -0.2) is 36.3 Å². The van der Waals surface area contributed by atoms with E-state index in [9.17, 15) is 9.59 Å². The van der Waals surface area contributed by atoms with Crippen molar-refractivity contribution in [3.05, 3.63) is 35.9 Å². The summed E-state index contributed by atoms with van der Waals surface area (Å²) in [5.41, 5.74) is 6.27. The molecule has 114 valence electrons. The van der Waals surface area contributed by atoms with Gasteiger partial charge in [0.2, 0.25) is 11.8 Å². The zero-order chi connectivity index (χ0) is 15.1. The average molecular weight is 289 g/mol. The summed E-state index contributed by atoms with van der Waals surface area (Å²) < 4.78 is 0. The Labute approximate surface area is 125 Å². The van der Waals surface area contributed by atoms with E-state index in [-0.39, 0.29) is 12.5 Å². The van der Waals surface area contributed by atoms with Gasteiger partial charge in [-0.3, -0.25) is 9.59 Å². The predicted octanol–water partition coefficient (Wildman–Crippen LogP) is 0.890. The van der Waals surface area contributed by atoms with E-state index in [2.05, 4.69) is 5.32 Å². The maximum Gasteiger partial charge on any atom is 0.237 e. The molecule has 0 aliphatic carbocycles. The number of nitrogens with two attached hydrogens (primary N) is 1. The Morgan fingerprint density at radius 2 is 2.05 bits per heavy atom. The monoisotopic (exact) mass is 289 g/mol. The molecule has 0 saturated carbocycles. The molecule has 1 heterocycles. The van der Waals surface area contributed by atoms with Gasteiger partial charge in [-0.25, -0.2) is 0 Å². The van der Waals surface area contributed by atoms with Crippen molar-refractivity contribution >= 4 is 11.8 Å². The van der Waals surface area contributed by atoms with E-state index in [0.29, 0.717) is 18.9 Å². The van der Waals surface area contributed by atoms with Crippen LogP contribution in [0.3, 0.4) is 0 Å². The Hall–Kier alpha value is -1.88. The van der Waals surface area contributed by atoms with Gasteiger partial charge in [-0.05, 0) is 37.4 Å². The summed E-state index contributed by atoms with van der Waals surface area (Å²) in [5.74, 6) is 0.104. The molecule has 2 amide bonds. The van der Waals surface area contributed by atoms with Crippen molar-refractivity contribution in [1.29, 1.82) is 0 Å². The number of benzene rings is 1. The van der Waals surface area contributed by atoms with Gasteiger partial charge in [-0.15, -0.1) is 0 Å². The van der Waals surface area contributed by atoms with Crippen molar-refractivity contribution in [3.8, 4) is 0 Å². The van der Waals surface area contributed by atoms with Gasteiger partial charge >= 0.3 is 0 Å². The summed E-state index contributed by atoms with van der Waals surface area (Å²) in [6.45, 7) is 2.44. The van der Waals surface area contributed by atoms with E-state index < -0.39 is 5.91 Å². The van der Waals surface area contributed by atoms with Crippen LogP contribution in [0.4, 0.5) is 0 Å². The SMILES string of the molecule is NC(=O)CN(Cc1ccccc1)C(=O)CCC1CCNC1. The quantitative estimate of drug-likeness (QED) is 0.783. The molecular formula is C16H23N3O2. The lowest BCUT2D eigenvalue weighted by molar-refractivity contribution is -0.136. The first-order chi connectivity index (χ1) is 10.1. The number of carbonyl (C=O) groups is 2. The summed E-state index contributed by atoms with van der Waals surface area (Å²) in [5, 5.41) is 3.30. The zero-order valence-corrected chi connectivity index (χ0v) is 12.3. The minimum atomic E-state index is -0.471. The van der Waals surface area contributed by atoms with Gasteiger partial charge in [0, 0.05) is 13.0 Å². The van der Waals surface area contributed by atoms with E-state index >= 15 is 0 Å². The van der Waals surface area contributed by atoms with Gasteiger partial charge in [0.25, 0.3) is 0 Å². The minimum absolute atomic E-state index is 0.00422. The zero-order valence-electron chi connectivity index (χ0n) is 12.3. The van der Waals surface area contributed by atoms with Crippen LogP contribution < -0.4 is 11.1 Å². The lowest BCUT2D eigenvalue weighted by Gasteiger charge is -2.22. The molecule has 0 spiro atoms. The molecule has 1 fully saturated rings. The van der Waals surface area contributed by atoms with Gasteiger partial charge in [0.1, 0.15) is 0 Å². The second-order valence-corrected chi connectivity index (χ2v) is 5.60. The summed E-state index contributed by atoms with van der Waals surface area (Å²) in [6, 6.07) is 9.67. The molecule has 0 bridgehead atoms. The van der Waals surface area contributed by atoms with Crippen LogP contribution in [0.25, 0.3) is 0 Å². The van der Waals surface area contributed by atoms with Crippen LogP contribution in [-0.2, 0) is 16.1 Å². The molecule has 1 atom stereocenters. The second-order valence-electron chi connectivity index (χ2n) is 5.60. The molecule has 2 rings (SSSR count). The van der Waals surface area contributed by atoms with Crippen molar-refractivity contribution in [1.82, 2.24) is 10.2 Å². The van der Waals surface area contributed by atoms with E-state index in [1.54, 1.807) is 4.90 Å². The molecule has 1 aromatic carbocycles. The predicted molar refractivity (Wildman–Crippen MR) is 81.3 cm³/mol. The third kappa shape index (κ3) is 5.19. The molecule has 5 heteroatoms. The smallest absolute Gasteiger partial charge is 0.237 e. The molecule has 0 aromatic heterocycles. The summed E-state index contributed by atoms with van der Waals surface area (Å²) in [6.07, 6.45) is 2.48. The van der Waals surface area contributed by atoms with Crippen LogP contribution in [0, 0.1) is 5.92 Å². The summed E-state index contributed by atoms with van der Waals surface area (Å²) in [7, 11) is 0. The molecule has 21 heavy (non-hydrogen) atoms. The number of nitrogens with zero attached hydrogens (tertiary/aromatic N) is 1. The highest BCUT2D eigenvalue weighted by molar-refractivity contribution is 5.83. The highest BCUT2D eigenvalue weighted by atomic mass is 16.2. The molecular weight excluding hydrogens is 266 g/mol. The van der Waals surface area contributed by atoms with Crippen LogP contribution in [0.5, 0.6) is 0 Å². The highest BCUT2D eigenvalue weighted by Crippen LogP contribution is 2.16. The summed E-state index contributed by atoms with van der Waals surface area (Å²) in [4.78, 5) is 25.1. The fraction of sp³-hybridized carbons (Fsp3) is 0.500. The van der Waals surface area contributed by atoms with Gasteiger partial charge in [0.05, 0.1) is 6.54 Å². The van der Waals surface area contributed by atoms with Gasteiger partial charge in [-0.2, -0.15) is 0 Å². The second kappa shape index (κ2) is 7.78. The van der Waals surface area contributed by atoms with Crippen molar-refractivity contribution < 1.29 is 9.59 Å². The maximum absolute atomic E-state index is 12.3. The fourth-order valence-corrected chi connectivity index (χ4v) is 2.67. The van der Waals surface area contributed by atoms with Crippen LogP contribution >= 0.6 is 0 Å². The Bertz CT molecular complexity index is 470. The van der Waals surface area contributed by atoms with Crippen molar-refractivity contribution in [3.63, 3.8) is 0 Å². The molecule has 3 N–H and O–H groups in total. The first-order valence-corrected chi connectivity index (χ1v) is 7.46. The third-order valence-corrected chi connectivity index (χ3v) is 3.84. The Morgan fingerprint density at radius 3 is 2.67 bits per heavy atom. The molecule has 1 unspecified atom stereocenters. The van der Waals surface area contributed by atoms with Crippen LogP contribution in [0.15, 0.2) is 30.3 Å². The molecule has 1 aromatic rings.